The van der Waals surface area contributed by atoms with E-state index < -0.39 is 0 Å². The first-order valence-corrected chi connectivity index (χ1v) is 4.85. The summed E-state index contributed by atoms with van der Waals surface area (Å²) in [5.41, 5.74) is 0. The van der Waals surface area contributed by atoms with Crippen molar-refractivity contribution in [3.63, 3.8) is 0 Å². The molecule has 3 unspecified atom stereocenters. The lowest BCUT2D eigenvalue weighted by molar-refractivity contribution is 0.0415. The lowest BCUT2D eigenvalue weighted by atomic mass is 9.90. The van der Waals surface area contributed by atoms with Gasteiger partial charge in [-0.05, 0) is 12.8 Å². The van der Waals surface area contributed by atoms with Crippen molar-refractivity contribution in [2.45, 2.75) is 18.9 Å². The molecule has 0 aromatic rings. The van der Waals surface area contributed by atoms with Gasteiger partial charge in [-0.25, -0.2) is 0 Å². The fourth-order valence-electron chi connectivity index (χ4n) is 2.33. The van der Waals surface area contributed by atoms with E-state index in [9.17, 15) is 0 Å². The van der Waals surface area contributed by atoms with E-state index in [1.165, 1.54) is 12.8 Å². The van der Waals surface area contributed by atoms with Gasteiger partial charge in [0.2, 0.25) is 0 Å². The summed E-state index contributed by atoms with van der Waals surface area (Å²) in [4.78, 5) is 0. The Labute approximate surface area is 73.1 Å². The molecule has 70 valence electrons. The molecule has 0 saturated carbocycles. The maximum absolute atomic E-state index is 9.10. The second-order valence-corrected chi connectivity index (χ2v) is 3.82. The van der Waals surface area contributed by atoms with Crippen LogP contribution in [0.25, 0.3) is 0 Å². The molecule has 2 heterocycles. The van der Waals surface area contributed by atoms with Crippen molar-refractivity contribution in [1.29, 1.82) is 0 Å². The second kappa shape index (κ2) is 3.73. The van der Waals surface area contributed by atoms with Gasteiger partial charge in [0.25, 0.3) is 0 Å². The van der Waals surface area contributed by atoms with E-state index in [4.69, 9.17) is 9.84 Å². The van der Waals surface area contributed by atoms with Crippen molar-refractivity contribution in [1.82, 2.24) is 5.32 Å². The standard InChI is InChI=1S/C9H17NO2/c11-6-7-4-10-5-8(7)9-2-1-3-12-9/h7-11H,1-6H2. The van der Waals surface area contributed by atoms with Gasteiger partial charge in [0.15, 0.2) is 0 Å². The highest BCUT2D eigenvalue weighted by Crippen LogP contribution is 2.28. The third-order valence-electron chi connectivity index (χ3n) is 3.07. The van der Waals surface area contributed by atoms with Crippen LogP contribution in [0, 0.1) is 11.8 Å². The van der Waals surface area contributed by atoms with Crippen LogP contribution in [0.15, 0.2) is 0 Å². The van der Waals surface area contributed by atoms with Crippen LogP contribution in [0.2, 0.25) is 0 Å². The molecule has 2 aliphatic rings. The van der Waals surface area contributed by atoms with Gasteiger partial charge in [-0.15, -0.1) is 0 Å². The Morgan fingerprint density at radius 2 is 2.33 bits per heavy atom. The van der Waals surface area contributed by atoms with Gasteiger partial charge in [0.1, 0.15) is 0 Å². The maximum atomic E-state index is 9.10. The maximum Gasteiger partial charge on any atom is 0.0620 e. The molecule has 2 fully saturated rings. The summed E-state index contributed by atoms with van der Waals surface area (Å²) >= 11 is 0. The molecular weight excluding hydrogens is 154 g/mol. The van der Waals surface area contributed by atoms with Crippen LogP contribution < -0.4 is 5.32 Å². The van der Waals surface area contributed by atoms with Crippen molar-refractivity contribution in [3.8, 4) is 0 Å². The summed E-state index contributed by atoms with van der Waals surface area (Å²) in [7, 11) is 0. The largest absolute Gasteiger partial charge is 0.396 e. The Balaban J connectivity index is 1.92. The summed E-state index contributed by atoms with van der Waals surface area (Å²) in [6, 6.07) is 0. The predicted octanol–water partition coefficient (Wildman–Crippen LogP) is -0.00670. The van der Waals surface area contributed by atoms with Crippen LogP contribution >= 0.6 is 0 Å². The average molecular weight is 171 g/mol. The van der Waals surface area contributed by atoms with E-state index in [0.29, 0.717) is 24.5 Å². The van der Waals surface area contributed by atoms with E-state index >= 15 is 0 Å². The average Bonchev–Trinajstić information content (AvgIpc) is 2.74. The number of aliphatic hydroxyl groups excluding tert-OH is 1. The molecule has 0 aliphatic carbocycles. The second-order valence-electron chi connectivity index (χ2n) is 3.82. The first-order valence-electron chi connectivity index (χ1n) is 4.85. The van der Waals surface area contributed by atoms with Crippen LogP contribution in [0.5, 0.6) is 0 Å². The fourth-order valence-corrected chi connectivity index (χ4v) is 2.33. The van der Waals surface area contributed by atoms with E-state index in [-0.39, 0.29) is 0 Å². The number of hydrogen-bond donors (Lipinski definition) is 2. The first kappa shape index (κ1) is 8.48. The summed E-state index contributed by atoms with van der Waals surface area (Å²) in [5.74, 6) is 0.977. The highest BCUT2D eigenvalue weighted by Gasteiger charge is 2.35. The number of ether oxygens (including phenoxy) is 1. The molecule has 0 bridgehead atoms. The molecule has 2 N–H and O–H groups in total. The Kier molecular flexibility index (Phi) is 2.63. The molecule has 2 aliphatic heterocycles. The predicted molar refractivity (Wildman–Crippen MR) is 45.9 cm³/mol. The summed E-state index contributed by atoms with van der Waals surface area (Å²) in [6.45, 7) is 3.20. The summed E-state index contributed by atoms with van der Waals surface area (Å²) in [6.07, 6.45) is 2.79. The van der Waals surface area contributed by atoms with Crippen molar-refractivity contribution < 1.29 is 9.84 Å². The zero-order valence-electron chi connectivity index (χ0n) is 7.33. The van der Waals surface area contributed by atoms with Gasteiger partial charge in [0, 0.05) is 38.1 Å². The molecule has 2 saturated heterocycles. The van der Waals surface area contributed by atoms with Crippen LogP contribution in [-0.2, 0) is 4.74 Å². The minimum atomic E-state index is 0.303. The molecule has 3 heteroatoms. The van der Waals surface area contributed by atoms with Crippen molar-refractivity contribution in [2.24, 2.45) is 11.8 Å². The highest BCUT2D eigenvalue weighted by atomic mass is 16.5. The number of aliphatic hydroxyl groups is 1. The quantitative estimate of drug-likeness (QED) is 0.614. The highest BCUT2D eigenvalue weighted by molar-refractivity contribution is 4.87. The molecule has 3 atom stereocenters. The van der Waals surface area contributed by atoms with E-state index in [1.807, 2.05) is 0 Å². The topological polar surface area (TPSA) is 41.5 Å². The third-order valence-corrected chi connectivity index (χ3v) is 3.07. The number of rotatable bonds is 2. The van der Waals surface area contributed by atoms with E-state index in [0.717, 1.165) is 19.7 Å². The molecule has 0 radical (unpaired) electrons. The number of nitrogens with one attached hydrogen (secondary N) is 1. The Morgan fingerprint density at radius 3 is 3.00 bits per heavy atom. The van der Waals surface area contributed by atoms with Crippen LogP contribution in [-0.4, -0.2) is 37.5 Å². The normalized spacial score (nSPS) is 42.2. The SMILES string of the molecule is OCC1CNCC1C1CCCO1. The molecule has 0 aromatic carbocycles. The summed E-state index contributed by atoms with van der Waals surface area (Å²) in [5, 5.41) is 12.4. The van der Waals surface area contributed by atoms with E-state index in [2.05, 4.69) is 5.32 Å². The van der Waals surface area contributed by atoms with E-state index in [1.54, 1.807) is 0 Å². The molecule has 0 aromatic heterocycles. The first-order chi connectivity index (χ1) is 5.92. The Morgan fingerprint density at radius 1 is 1.42 bits per heavy atom. The molecule has 0 amide bonds. The van der Waals surface area contributed by atoms with Crippen LogP contribution in [0.1, 0.15) is 12.8 Å². The van der Waals surface area contributed by atoms with Crippen molar-refractivity contribution >= 4 is 0 Å². The Hall–Kier alpha value is -0.120. The van der Waals surface area contributed by atoms with Gasteiger partial charge < -0.3 is 15.2 Å². The smallest absolute Gasteiger partial charge is 0.0620 e. The molecule has 0 spiro atoms. The minimum Gasteiger partial charge on any atom is -0.396 e. The molecule has 2 rings (SSSR count). The van der Waals surface area contributed by atoms with Gasteiger partial charge in [-0.3, -0.25) is 0 Å². The third kappa shape index (κ3) is 1.49. The minimum absolute atomic E-state index is 0.303. The zero-order valence-corrected chi connectivity index (χ0v) is 7.33. The van der Waals surface area contributed by atoms with Gasteiger partial charge >= 0.3 is 0 Å². The van der Waals surface area contributed by atoms with Crippen LogP contribution in [0.3, 0.4) is 0 Å². The molecule has 3 nitrogen and oxygen atoms in total. The van der Waals surface area contributed by atoms with Gasteiger partial charge in [-0.2, -0.15) is 0 Å². The molecular formula is C9H17NO2. The van der Waals surface area contributed by atoms with Crippen LogP contribution in [0.4, 0.5) is 0 Å². The number of hydrogen-bond acceptors (Lipinski definition) is 3. The summed E-state index contributed by atoms with van der Waals surface area (Å²) < 4.78 is 5.62. The van der Waals surface area contributed by atoms with Gasteiger partial charge in [0.05, 0.1) is 6.10 Å². The Bertz CT molecular complexity index is 145. The van der Waals surface area contributed by atoms with Crippen molar-refractivity contribution in [3.05, 3.63) is 0 Å². The lowest BCUT2D eigenvalue weighted by Gasteiger charge is -2.22. The van der Waals surface area contributed by atoms with Crippen molar-refractivity contribution in [2.75, 3.05) is 26.3 Å². The zero-order chi connectivity index (χ0) is 8.39. The lowest BCUT2D eigenvalue weighted by Crippen LogP contribution is -2.28. The molecule has 12 heavy (non-hydrogen) atoms. The fraction of sp³-hybridized carbons (Fsp3) is 1.00. The van der Waals surface area contributed by atoms with Gasteiger partial charge in [-0.1, -0.05) is 0 Å². The monoisotopic (exact) mass is 171 g/mol.